The topological polar surface area (TPSA) is 36.3 Å². The largest absolute Gasteiger partial charge is 0.492 e. The zero-order valence-corrected chi connectivity index (χ0v) is 13.4. The van der Waals surface area contributed by atoms with Crippen molar-refractivity contribution in [3.63, 3.8) is 0 Å². The minimum absolute atomic E-state index is 0.162. The average Bonchev–Trinajstić information content (AvgIpc) is 2.78. The van der Waals surface area contributed by atoms with Crippen LogP contribution in [-0.2, 0) is 11.5 Å². The van der Waals surface area contributed by atoms with Gasteiger partial charge in [0.05, 0.1) is 18.7 Å². The standard InChI is InChI=1S/C14H21FN2O2Si/c1-18-12-9-16-14-11(13(12)15)5-6-17(14)10-19-7-8-20(2,3)4/h5-6,9H,7-8,10H2,1-4H3. The average molecular weight is 296 g/mol. The van der Waals surface area contributed by atoms with Crippen LogP contribution in [0.15, 0.2) is 18.5 Å². The monoisotopic (exact) mass is 296 g/mol. The van der Waals surface area contributed by atoms with E-state index in [9.17, 15) is 4.39 Å². The molecule has 2 heterocycles. The highest BCUT2D eigenvalue weighted by Gasteiger charge is 2.14. The lowest BCUT2D eigenvalue weighted by Gasteiger charge is -2.15. The Hall–Kier alpha value is -1.40. The summed E-state index contributed by atoms with van der Waals surface area (Å²) in [5.41, 5.74) is 0.580. The number of halogens is 1. The van der Waals surface area contributed by atoms with E-state index in [1.54, 1.807) is 12.3 Å². The van der Waals surface area contributed by atoms with Gasteiger partial charge in [0.2, 0.25) is 0 Å². The summed E-state index contributed by atoms with van der Waals surface area (Å²) in [5, 5.41) is 0.457. The maximum absolute atomic E-state index is 14.0. The number of methoxy groups -OCH3 is 1. The van der Waals surface area contributed by atoms with Gasteiger partial charge < -0.3 is 14.0 Å². The van der Waals surface area contributed by atoms with Gasteiger partial charge in [-0.25, -0.2) is 9.37 Å². The predicted octanol–water partition coefficient (Wildman–Crippen LogP) is 3.50. The number of aromatic nitrogens is 2. The van der Waals surface area contributed by atoms with E-state index in [2.05, 4.69) is 24.6 Å². The fraction of sp³-hybridized carbons (Fsp3) is 0.500. The maximum Gasteiger partial charge on any atom is 0.177 e. The minimum atomic E-state index is -1.08. The molecule has 0 saturated heterocycles. The summed E-state index contributed by atoms with van der Waals surface area (Å²) in [6, 6.07) is 2.81. The molecule has 2 rings (SSSR count). The van der Waals surface area contributed by atoms with Gasteiger partial charge in [-0.05, 0) is 12.1 Å². The Morgan fingerprint density at radius 1 is 1.35 bits per heavy atom. The summed E-state index contributed by atoms with van der Waals surface area (Å²) in [6.07, 6.45) is 3.19. The molecule has 0 aromatic carbocycles. The quantitative estimate of drug-likeness (QED) is 0.604. The number of rotatable bonds is 6. The summed E-state index contributed by atoms with van der Waals surface area (Å²) in [4.78, 5) is 4.23. The Balaban J connectivity index is 2.07. The third kappa shape index (κ3) is 3.37. The Kier molecular flexibility index (Phi) is 4.44. The van der Waals surface area contributed by atoms with E-state index in [-0.39, 0.29) is 11.6 Å². The van der Waals surface area contributed by atoms with Crippen LogP contribution < -0.4 is 4.74 Å². The first-order valence-electron chi connectivity index (χ1n) is 6.67. The molecule has 0 radical (unpaired) electrons. The molecule has 2 aromatic heterocycles. The van der Waals surface area contributed by atoms with E-state index in [1.807, 2.05) is 4.57 Å². The maximum atomic E-state index is 14.0. The first-order valence-corrected chi connectivity index (χ1v) is 10.4. The lowest BCUT2D eigenvalue weighted by molar-refractivity contribution is 0.0898. The Morgan fingerprint density at radius 3 is 2.75 bits per heavy atom. The summed E-state index contributed by atoms with van der Waals surface area (Å²) in [5.74, 6) is -0.215. The van der Waals surface area contributed by atoms with Gasteiger partial charge in [-0.15, -0.1) is 0 Å². The first kappa shape index (κ1) is 15.0. The van der Waals surface area contributed by atoms with Gasteiger partial charge in [-0.1, -0.05) is 19.6 Å². The molecule has 0 unspecified atom stereocenters. The van der Waals surface area contributed by atoms with E-state index in [0.717, 1.165) is 12.7 Å². The van der Waals surface area contributed by atoms with E-state index >= 15 is 0 Å². The van der Waals surface area contributed by atoms with Crippen LogP contribution in [0, 0.1) is 5.82 Å². The van der Waals surface area contributed by atoms with Gasteiger partial charge in [0.1, 0.15) is 12.4 Å². The molecule has 0 amide bonds. The molecule has 2 aromatic rings. The van der Waals surface area contributed by atoms with Crippen LogP contribution in [0.25, 0.3) is 11.0 Å². The smallest absolute Gasteiger partial charge is 0.177 e. The highest BCUT2D eigenvalue weighted by molar-refractivity contribution is 6.76. The van der Waals surface area contributed by atoms with Crippen molar-refractivity contribution >= 4 is 19.1 Å². The van der Waals surface area contributed by atoms with Crippen LogP contribution in [0.3, 0.4) is 0 Å². The lowest BCUT2D eigenvalue weighted by atomic mass is 10.3. The summed E-state index contributed by atoms with van der Waals surface area (Å²) in [7, 11) is 0.352. The summed E-state index contributed by atoms with van der Waals surface area (Å²) >= 11 is 0. The molecular weight excluding hydrogens is 275 g/mol. The van der Waals surface area contributed by atoms with Gasteiger partial charge >= 0.3 is 0 Å². The van der Waals surface area contributed by atoms with Crippen molar-refractivity contribution in [1.29, 1.82) is 0 Å². The molecule has 0 aliphatic heterocycles. The van der Waals surface area contributed by atoms with Crippen molar-refractivity contribution in [3.05, 3.63) is 24.3 Å². The third-order valence-corrected chi connectivity index (χ3v) is 4.84. The van der Waals surface area contributed by atoms with Crippen LogP contribution in [0.2, 0.25) is 25.7 Å². The van der Waals surface area contributed by atoms with Crippen LogP contribution in [0.1, 0.15) is 0 Å². The lowest BCUT2D eigenvalue weighted by Crippen LogP contribution is -2.22. The highest BCUT2D eigenvalue weighted by atomic mass is 28.3. The molecule has 110 valence electrons. The Labute approximate surface area is 119 Å². The molecule has 0 bridgehead atoms. The van der Waals surface area contributed by atoms with Crippen molar-refractivity contribution in [1.82, 2.24) is 9.55 Å². The molecule has 0 aliphatic rings. The number of nitrogens with zero attached hydrogens (tertiary/aromatic N) is 2. The summed E-state index contributed by atoms with van der Waals surface area (Å²) < 4.78 is 26.4. The SMILES string of the molecule is COc1cnc2c(ccn2COCC[Si](C)(C)C)c1F. The molecule has 0 aliphatic carbocycles. The Morgan fingerprint density at radius 2 is 2.10 bits per heavy atom. The van der Waals surface area contributed by atoms with Crippen LogP contribution in [-0.4, -0.2) is 31.3 Å². The van der Waals surface area contributed by atoms with E-state index in [1.165, 1.54) is 13.3 Å². The van der Waals surface area contributed by atoms with Crippen molar-refractivity contribution in [2.75, 3.05) is 13.7 Å². The Bertz CT molecular complexity index is 593. The van der Waals surface area contributed by atoms with Gasteiger partial charge in [-0.3, -0.25) is 0 Å². The van der Waals surface area contributed by atoms with E-state index < -0.39 is 8.07 Å². The number of pyridine rings is 1. The number of fused-ring (bicyclic) bond motifs is 1. The molecule has 20 heavy (non-hydrogen) atoms. The minimum Gasteiger partial charge on any atom is -0.492 e. The molecule has 6 heteroatoms. The second-order valence-electron chi connectivity index (χ2n) is 6.01. The van der Waals surface area contributed by atoms with Crippen LogP contribution in [0.5, 0.6) is 5.75 Å². The number of hydrogen-bond acceptors (Lipinski definition) is 3. The summed E-state index contributed by atoms with van der Waals surface area (Å²) in [6.45, 7) is 8.06. The molecule has 0 atom stereocenters. The molecule has 0 spiro atoms. The molecule has 0 N–H and O–H groups in total. The van der Waals surface area contributed by atoms with Gasteiger partial charge in [0.25, 0.3) is 0 Å². The van der Waals surface area contributed by atoms with Crippen LogP contribution in [0.4, 0.5) is 4.39 Å². The van der Waals surface area contributed by atoms with Crippen molar-refractivity contribution in [2.45, 2.75) is 32.4 Å². The van der Waals surface area contributed by atoms with Crippen molar-refractivity contribution in [2.24, 2.45) is 0 Å². The number of hydrogen-bond donors (Lipinski definition) is 0. The first-order chi connectivity index (χ1) is 9.42. The molecule has 4 nitrogen and oxygen atoms in total. The second kappa shape index (κ2) is 5.93. The van der Waals surface area contributed by atoms with Crippen molar-refractivity contribution < 1.29 is 13.9 Å². The van der Waals surface area contributed by atoms with Gasteiger partial charge in [0, 0.05) is 20.9 Å². The second-order valence-corrected chi connectivity index (χ2v) is 11.6. The zero-order valence-electron chi connectivity index (χ0n) is 12.4. The third-order valence-electron chi connectivity index (χ3n) is 3.14. The zero-order chi connectivity index (χ0) is 14.8. The van der Waals surface area contributed by atoms with E-state index in [0.29, 0.717) is 17.8 Å². The van der Waals surface area contributed by atoms with E-state index in [4.69, 9.17) is 9.47 Å². The number of ether oxygens (including phenoxy) is 2. The predicted molar refractivity (Wildman–Crippen MR) is 80.3 cm³/mol. The van der Waals surface area contributed by atoms with Crippen molar-refractivity contribution in [3.8, 4) is 5.75 Å². The van der Waals surface area contributed by atoms with Gasteiger partial charge in [0.15, 0.2) is 11.6 Å². The van der Waals surface area contributed by atoms with Crippen LogP contribution >= 0.6 is 0 Å². The molecule has 0 saturated carbocycles. The molecule has 0 fully saturated rings. The molecular formula is C14H21FN2O2Si. The van der Waals surface area contributed by atoms with Gasteiger partial charge in [-0.2, -0.15) is 0 Å². The fourth-order valence-corrected chi connectivity index (χ4v) is 2.63. The highest BCUT2D eigenvalue weighted by Crippen LogP contribution is 2.24. The normalized spacial score (nSPS) is 12.1. The fourth-order valence-electron chi connectivity index (χ4n) is 1.88.